The highest BCUT2D eigenvalue weighted by molar-refractivity contribution is 5.31. The maximum Gasteiger partial charge on any atom is 0.448 e. The van der Waals surface area contributed by atoms with Crippen molar-refractivity contribution >= 4 is 0 Å². The summed E-state index contributed by atoms with van der Waals surface area (Å²) < 4.78 is 103. The Kier molecular flexibility index (Phi) is 3.54. The highest BCUT2D eigenvalue weighted by Gasteiger charge is 2.37. The van der Waals surface area contributed by atoms with E-state index in [1.54, 1.807) is 0 Å². The Balaban J connectivity index is 3.31. The quantitative estimate of drug-likeness (QED) is 0.346. The van der Waals surface area contributed by atoms with E-state index in [1.807, 2.05) is 0 Å². The first-order valence-corrected chi connectivity index (χ1v) is 4.02. The van der Waals surface area contributed by atoms with Gasteiger partial charge >= 0.3 is 6.18 Å². The molecule has 0 N–H and O–H groups in total. The van der Waals surface area contributed by atoms with Crippen LogP contribution in [0.15, 0.2) is 12.3 Å². The average molecular weight is 278 g/mol. The second kappa shape index (κ2) is 4.46. The van der Waals surface area contributed by atoms with E-state index in [9.17, 15) is 35.1 Å². The van der Waals surface area contributed by atoms with Crippen LogP contribution in [-0.4, -0.2) is 6.18 Å². The van der Waals surface area contributed by atoms with Gasteiger partial charge in [0.1, 0.15) is 0 Å². The fourth-order valence-corrected chi connectivity index (χ4v) is 0.855. The van der Waals surface area contributed by atoms with Crippen molar-refractivity contribution in [3.05, 3.63) is 41.4 Å². The third kappa shape index (κ3) is 2.39. The van der Waals surface area contributed by atoms with Crippen molar-refractivity contribution in [2.24, 2.45) is 0 Å². The molecule has 1 nitrogen and oxygen atoms in total. The van der Waals surface area contributed by atoms with Crippen LogP contribution >= 0.6 is 0 Å². The van der Waals surface area contributed by atoms with Crippen LogP contribution in [0.1, 0.15) is 0 Å². The molecule has 0 heterocycles. The number of ether oxygens (including phenoxy) is 1. The largest absolute Gasteiger partial charge is 0.448 e. The van der Waals surface area contributed by atoms with E-state index in [4.69, 9.17) is 0 Å². The normalized spacial score (nSPS) is 11.6. The molecule has 0 amide bonds. The number of allylic oxidation sites excluding steroid dienone is 1. The maximum atomic E-state index is 12.9. The summed E-state index contributed by atoms with van der Waals surface area (Å²) in [4.78, 5) is 0. The van der Waals surface area contributed by atoms with Crippen LogP contribution in [0.4, 0.5) is 35.1 Å². The topological polar surface area (TPSA) is 9.23 Å². The Bertz CT molecular complexity index is 475. The van der Waals surface area contributed by atoms with Gasteiger partial charge in [-0.2, -0.15) is 22.0 Å². The second-order valence-electron chi connectivity index (χ2n) is 2.92. The molecule has 0 aliphatic heterocycles. The summed E-state index contributed by atoms with van der Waals surface area (Å²) in [6.07, 6.45) is -5.21. The minimum atomic E-state index is -5.21. The van der Waals surface area contributed by atoms with Gasteiger partial charge in [0.05, 0.1) is 0 Å². The molecular weight excluding hydrogens is 276 g/mol. The summed E-state index contributed by atoms with van der Waals surface area (Å²) in [6.45, 7) is 2.27. The van der Waals surface area contributed by atoms with Gasteiger partial charge in [-0.05, 0) is 0 Å². The number of halogens is 8. The molecule has 9 heteroatoms. The predicted molar refractivity (Wildman–Crippen MR) is 42.1 cm³/mol. The highest BCUT2D eigenvalue weighted by atomic mass is 19.4. The molecule has 1 rings (SSSR count). The fourth-order valence-electron chi connectivity index (χ4n) is 0.855. The minimum absolute atomic E-state index is 2.06. The van der Waals surface area contributed by atoms with Crippen molar-refractivity contribution in [3.63, 3.8) is 0 Å². The fraction of sp³-hybridized carbons (Fsp3) is 0.111. The van der Waals surface area contributed by atoms with E-state index in [2.05, 4.69) is 11.3 Å². The molecule has 0 radical (unpaired) electrons. The molecule has 0 aliphatic rings. The zero-order valence-corrected chi connectivity index (χ0v) is 8.14. The predicted octanol–water partition coefficient (Wildman–Crippen LogP) is 3.84. The molecular formula is C9H2F8O. The van der Waals surface area contributed by atoms with E-state index in [0.29, 0.717) is 0 Å². The molecule has 0 atom stereocenters. The molecule has 0 bridgehead atoms. The van der Waals surface area contributed by atoms with E-state index in [-0.39, 0.29) is 0 Å². The van der Waals surface area contributed by atoms with E-state index in [0.717, 1.165) is 0 Å². The highest BCUT2D eigenvalue weighted by Crippen LogP contribution is 2.33. The summed E-state index contributed by atoms with van der Waals surface area (Å²) in [7, 11) is 0. The molecule has 18 heavy (non-hydrogen) atoms. The Morgan fingerprint density at radius 2 is 1.11 bits per heavy atom. The Labute approximate surface area is 94.3 Å². The first-order valence-electron chi connectivity index (χ1n) is 4.02. The lowest BCUT2D eigenvalue weighted by Crippen LogP contribution is -2.18. The summed E-state index contributed by atoms with van der Waals surface area (Å²) in [6, 6.07) is 0. The molecule has 0 fully saturated rings. The van der Waals surface area contributed by atoms with Gasteiger partial charge in [-0.3, -0.25) is 0 Å². The lowest BCUT2D eigenvalue weighted by atomic mass is 10.2. The summed E-state index contributed by atoms with van der Waals surface area (Å²) in [5.74, 6) is -16.6. The van der Waals surface area contributed by atoms with Crippen molar-refractivity contribution < 1.29 is 39.9 Å². The van der Waals surface area contributed by atoms with E-state index >= 15 is 0 Å². The summed E-state index contributed by atoms with van der Waals surface area (Å²) in [5.41, 5.74) is 0. The van der Waals surface area contributed by atoms with Crippen LogP contribution in [0.2, 0.25) is 0 Å². The smallest absolute Gasteiger partial charge is 0.446 e. The van der Waals surface area contributed by atoms with Gasteiger partial charge in [0, 0.05) is 0 Å². The van der Waals surface area contributed by atoms with Gasteiger partial charge in [0.2, 0.25) is 40.6 Å². The lowest BCUT2D eigenvalue weighted by molar-refractivity contribution is -0.116. The number of alkyl halides is 3. The molecule has 0 spiro atoms. The van der Waals surface area contributed by atoms with Crippen LogP contribution in [0.3, 0.4) is 0 Å². The molecule has 100 valence electrons. The zero-order valence-electron chi connectivity index (χ0n) is 8.14. The van der Waals surface area contributed by atoms with Crippen molar-refractivity contribution in [2.75, 3.05) is 0 Å². The average Bonchev–Trinajstić information content (AvgIpc) is 2.28. The van der Waals surface area contributed by atoms with Gasteiger partial charge in [-0.1, -0.05) is 6.58 Å². The molecule has 0 aliphatic carbocycles. The van der Waals surface area contributed by atoms with Crippen LogP contribution in [0.25, 0.3) is 0 Å². The first kappa shape index (κ1) is 14.3. The summed E-state index contributed by atoms with van der Waals surface area (Å²) >= 11 is 0. The van der Waals surface area contributed by atoms with Gasteiger partial charge < -0.3 is 4.74 Å². The number of benzene rings is 1. The van der Waals surface area contributed by atoms with Gasteiger partial charge in [0.15, 0.2) is 0 Å². The third-order valence-corrected chi connectivity index (χ3v) is 1.71. The molecule has 0 aromatic heterocycles. The number of hydrogen-bond acceptors (Lipinski definition) is 1. The number of rotatable bonds is 2. The summed E-state index contributed by atoms with van der Waals surface area (Å²) in [5, 5.41) is 0. The zero-order chi connectivity index (χ0) is 14.2. The van der Waals surface area contributed by atoms with Gasteiger partial charge in [-0.25, -0.2) is 13.2 Å². The van der Waals surface area contributed by atoms with Crippen molar-refractivity contribution in [3.8, 4) is 5.75 Å². The molecule has 0 unspecified atom stereocenters. The molecule has 1 aromatic rings. The second-order valence-corrected chi connectivity index (χ2v) is 2.92. The van der Waals surface area contributed by atoms with Crippen LogP contribution < -0.4 is 4.74 Å². The Morgan fingerprint density at radius 1 is 0.778 bits per heavy atom. The third-order valence-electron chi connectivity index (χ3n) is 1.71. The van der Waals surface area contributed by atoms with Crippen molar-refractivity contribution in [1.29, 1.82) is 0 Å². The standard InChI is InChI=1S/C9H2F8O/c1-2(9(15,16)17)18-8-6(13)4(11)3(10)5(12)7(8)14/h1H2. The maximum absolute atomic E-state index is 12.9. The van der Waals surface area contributed by atoms with E-state index < -0.39 is 46.8 Å². The molecule has 0 saturated carbocycles. The van der Waals surface area contributed by atoms with Gasteiger partial charge in [-0.15, -0.1) is 0 Å². The first-order chi connectivity index (χ1) is 8.07. The van der Waals surface area contributed by atoms with Gasteiger partial charge in [0.25, 0.3) is 0 Å². The number of hydrogen-bond donors (Lipinski definition) is 0. The lowest BCUT2D eigenvalue weighted by Gasteiger charge is -2.13. The van der Waals surface area contributed by atoms with E-state index in [1.165, 1.54) is 0 Å². The Morgan fingerprint density at radius 3 is 1.44 bits per heavy atom. The Hall–Kier alpha value is -1.80. The van der Waals surface area contributed by atoms with Crippen molar-refractivity contribution in [1.82, 2.24) is 0 Å². The van der Waals surface area contributed by atoms with Crippen molar-refractivity contribution in [2.45, 2.75) is 6.18 Å². The van der Waals surface area contributed by atoms with Crippen LogP contribution in [0, 0.1) is 29.1 Å². The minimum Gasteiger partial charge on any atom is -0.446 e. The molecule has 0 saturated heterocycles. The van der Waals surface area contributed by atoms with Crippen LogP contribution in [0.5, 0.6) is 5.75 Å². The van der Waals surface area contributed by atoms with Crippen LogP contribution in [-0.2, 0) is 0 Å². The molecule has 1 aromatic carbocycles. The SMILES string of the molecule is C=C(Oc1c(F)c(F)c(F)c(F)c1F)C(F)(F)F. The monoisotopic (exact) mass is 278 g/mol.